The van der Waals surface area contributed by atoms with Crippen LogP contribution in [-0.2, 0) is 0 Å². The quantitative estimate of drug-likeness (QED) is 0.594. The number of aromatic nitrogens is 2. The summed E-state index contributed by atoms with van der Waals surface area (Å²) in [5.74, 6) is 0.136. The molecule has 1 aromatic carbocycles. The van der Waals surface area contributed by atoms with E-state index in [-0.39, 0.29) is 11.8 Å². The molecule has 2 aromatic heterocycles. The second-order valence-corrected chi connectivity index (χ2v) is 9.66. The highest BCUT2D eigenvalue weighted by Gasteiger charge is 2.57. The molecule has 8 nitrogen and oxygen atoms in total. The van der Waals surface area contributed by atoms with Gasteiger partial charge in [-0.05, 0) is 55.2 Å². The van der Waals surface area contributed by atoms with E-state index in [2.05, 4.69) is 27.4 Å². The lowest BCUT2D eigenvalue weighted by molar-refractivity contribution is 0.0305. The summed E-state index contributed by atoms with van der Waals surface area (Å²) in [6.45, 7) is 4.62. The zero-order valence-corrected chi connectivity index (χ0v) is 19.5. The highest BCUT2D eigenvalue weighted by Crippen LogP contribution is 2.52. The van der Waals surface area contributed by atoms with E-state index in [0.29, 0.717) is 36.5 Å². The molecule has 1 aliphatic heterocycles. The molecule has 2 fully saturated rings. The van der Waals surface area contributed by atoms with Crippen molar-refractivity contribution >= 4 is 11.7 Å². The molecule has 3 heterocycles. The van der Waals surface area contributed by atoms with Gasteiger partial charge < -0.3 is 15.3 Å². The average Bonchev–Trinajstić information content (AvgIpc) is 3.57. The summed E-state index contributed by atoms with van der Waals surface area (Å²) in [5.41, 5.74) is 2.89. The van der Waals surface area contributed by atoms with Gasteiger partial charge in [0.15, 0.2) is 0 Å². The molecule has 2 unspecified atom stereocenters. The van der Waals surface area contributed by atoms with Crippen molar-refractivity contribution in [1.82, 2.24) is 15.3 Å². The van der Waals surface area contributed by atoms with Crippen LogP contribution in [0.5, 0.6) is 0 Å². The Kier molecular flexibility index (Phi) is 5.27. The molecule has 0 spiro atoms. The molecule has 0 bridgehead atoms. The summed E-state index contributed by atoms with van der Waals surface area (Å²) in [4.78, 5) is 23.0. The smallest absolute Gasteiger partial charge is 0.252 e. The first kappa shape index (κ1) is 22.5. The van der Waals surface area contributed by atoms with E-state index in [9.17, 15) is 20.4 Å². The van der Waals surface area contributed by atoms with Gasteiger partial charge in [-0.3, -0.25) is 9.78 Å². The topological polar surface area (TPSA) is 126 Å². The monoisotopic (exact) mass is 464 g/mol. The van der Waals surface area contributed by atoms with Crippen molar-refractivity contribution in [2.45, 2.75) is 37.3 Å². The van der Waals surface area contributed by atoms with Gasteiger partial charge in [-0.25, -0.2) is 4.98 Å². The van der Waals surface area contributed by atoms with Gasteiger partial charge in [-0.2, -0.15) is 10.5 Å². The van der Waals surface area contributed by atoms with E-state index in [0.717, 1.165) is 22.3 Å². The van der Waals surface area contributed by atoms with Crippen molar-refractivity contribution in [3.63, 3.8) is 0 Å². The van der Waals surface area contributed by atoms with Crippen LogP contribution in [0, 0.1) is 29.6 Å². The number of carbonyl (C=O) groups excluding carboxylic acids is 1. The van der Waals surface area contributed by atoms with Gasteiger partial charge in [-0.1, -0.05) is 18.2 Å². The maximum atomic E-state index is 12.7. The molecule has 5 rings (SSSR count). The lowest BCUT2D eigenvalue weighted by Gasteiger charge is -2.45. The summed E-state index contributed by atoms with van der Waals surface area (Å²) < 4.78 is 0. The maximum absolute atomic E-state index is 12.7. The first-order valence-corrected chi connectivity index (χ1v) is 11.4. The number of carbonyl (C=O) groups is 1. The van der Waals surface area contributed by atoms with Crippen LogP contribution < -0.4 is 10.2 Å². The van der Waals surface area contributed by atoms with Crippen LogP contribution >= 0.6 is 0 Å². The molecule has 0 radical (unpaired) electrons. The van der Waals surface area contributed by atoms with Crippen LogP contribution in [-0.4, -0.2) is 45.2 Å². The number of aryl methyl sites for hydroxylation is 1. The SMILES string of the molecule is Cc1ccc(C2CC2(C#N)NC(=O)c2ccncc2)cc1-c1cnc(N2CC(C)(O)C2)c(C#N)c1. The lowest BCUT2D eigenvalue weighted by atomic mass is 9.94. The van der Waals surface area contributed by atoms with Gasteiger partial charge in [0.25, 0.3) is 5.91 Å². The van der Waals surface area contributed by atoms with Gasteiger partial charge in [-0.15, -0.1) is 0 Å². The van der Waals surface area contributed by atoms with Crippen molar-refractivity contribution in [2.75, 3.05) is 18.0 Å². The van der Waals surface area contributed by atoms with Crippen molar-refractivity contribution in [3.05, 3.63) is 77.2 Å². The normalized spacial score (nSPS) is 21.9. The second kappa shape index (κ2) is 8.19. The van der Waals surface area contributed by atoms with Crippen molar-refractivity contribution in [1.29, 1.82) is 10.5 Å². The predicted molar refractivity (Wildman–Crippen MR) is 129 cm³/mol. The number of benzene rings is 1. The molecule has 1 saturated heterocycles. The second-order valence-electron chi connectivity index (χ2n) is 9.66. The minimum atomic E-state index is -0.957. The third-order valence-corrected chi connectivity index (χ3v) is 6.76. The first-order chi connectivity index (χ1) is 16.7. The van der Waals surface area contributed by atoms with E-state index in [4.69, 9.17) is 0 Å². The summed E-state index contributed by atoms with van der Waals surface area (Å²) in [7, 11) is 0. The van der Waals surface area contributed by atoms with E-state index < -0.39 is 11.1 Å². The molecule has 2 aliphatic rings. The van der Waals surface area contributed by atoms with Crippen LogP contribution in [0.25, 0.3) is 11.1 Å². The first-order valence-electron chi connectivity index (χ1n) is 11.4. The maximum Gasteiger partial charge on any atom is 0.252 e. The standard InChI is InChI=1S/C27H24N6O2/c1-17-3-4-19(23-11-27(23,14-29)32-25(34)18-5-7-30-8-6-18)10-22(17)21-9-20(12-28)24(31-13-21)33-15-26(2,35)16-33/h3-10,13,23,35H,11,15-16H2,1-2H3,(H,32,34). The van der Waals surface area contributed by atoms with Crippen LogP contribution in [0.15, 0.2) is 55.0 Å². The van der Waals surface area contributed by atoms with E-state index in [1.54, 1.807) is 37.6 Å². The number of rotatable bonds is 5. The molecular formula is C27H24N6O2. The van der Waals surface area contributed by atoms with Crippen molar-refractivity contribution < 1.29 is 9.90 Å². The average molecular weight is 465 g/mol. The Hall–Kier alpha value is -4.27. The number of hydrogen-bond donors (Lipinski definition) is 2. The van der Waals surface area contributed by atoms with Crippen LogP contribution in [0.3, 0.4) is 0 Å². The van der Waals surface area contributed by atoms with E-state index in [1.165, 1.54) is 0 Å². The number of nitrogens with zero attached hydrogens (tertiary/aromatic N) is 5. The number of anilines is 1. The minimum absolute atomic E-state index is 0.136. The summed E-state index contributed by atoms with van der Waals surface area (Å²) >= 11 is 0. The highest BCUT2D eigenvalue weighted by atomic mass is 16.3. The lowest BCUT2D eigenvalue weighted by Crippen LogP contribution is -2.60. The molecule has 174 valence electrons. The molecule has 35 heavy (non-hydrogen) atoms. The number of nitriles is 2. The Morgan fingerprint density at radius 2 is 1.94 bits per heavy atom. The van der Waals surface area contributed by atoms with Gasteiger partial charge in [0.1, 0.15) is 17.4 Å². The zero-order valence-electron chi connectivity index (χ0n) is 19.5. The fourth-order valence-corrected chi connectivity index (χ4v) is 4.77. The summed E-state index contributed by atoms with van der Waals surface area (Å²) in [5, 5.41) is 32.6. The molecule has 1 saturated carbocycles. The third kappa shape index (κ3) is 4.09. The van der Waals surface area contributed by atoms with Gasteiger partial charge >= 0.3 is 0 Å². The fraction of sp³-hybridized carbons (Fsp3) is 0.296. The number of aliphatic hydroxyl groups is 1. The third-order valence-electron chi connectivity index (χ3n) is 6.76. The molecule has 2 N–H and O–H groups in total. The summed E-state index contributed by atoms with van der Waals surface area (Å²) in [6, 6.07) is 15.6. The Morgan fingerprint density at radius 1 is 1.20 bits per heavy atom. The largest absolute Gasteiger partial charge is 0.386 e. The number of pyridine rings is 2. The van der Waals surface area contributed by atoms with Crippen LogP contribution in [0.4, 0.5) is 5.82 Å². The van der Waals surface area contributed by atoms with Gasteiger partial charge in [0.2, 0.25) is 0 Å². The Labute approximate surface area is 203 Å². The van der Waals surface area contributed by atoms with E-state index in [1.807, 2.05) is 36.1 Å². The number of amides is 1. The Balaban J connectivity index is 1.40. The predicted octanol–water partition coefficient (Wildman–Crippen LogP) is 3.07. The number of β-amino-alcohol motifs (C(OH)–C–C–N with tert-alkyl or cyclic N) is 1. The van der Waals surface area contributed by atoms with Gasteiger partial charge in [0.05, 0.1) is 17.2 Å². The Morgan fingerprint density at radius 3 is 2.60 bits per heavy atom. The fourth-order valence-electron chi connectivity index (χ4n) is 4.77. The Bertz CT molecular complexity index is 1400. The molecule has 8 heteroatoms. The van der Waals surface area contributed by atoms with Crippen molar-refractivity contribution in [2.24, 2.45) is 0 Å². The van der Waals surface area contributed by atoms with E-state index >= 15 is 0 Å². The van der Waals surface area contributed by atoms with Crippen LogP contribution in [0.2, 0.25) is 0 Å². The number of nitrogens with one attached hydrogen (secondary N) is 1. The summed E-state index contributed by atoms with van der Waals surface area (Å²) in [6.07, 6.45) is 5.36. The molecule has 3 aromatic rings. The number of hydrogen-bond acceptors (Lipinski definition) is 7. The highest BCUT2D eigenvalue weighted by molar-refractivity contribution is 5.95. The van der Waals surface area contributed by atoms with Gasteiger partial charge in [0, 0.05) is 48.7 Å². The zero-order chi connectivity index (χ0) is 24.8. The van der Waals surface area contributed by atoms with Crippen LogP contribution in [0.1, 0.15) is 46.3 Å². The van der Waals surface area contributed by atoms with Crippen molar-refractivity contribution in [3.8, 4) is 23.3 Å². The molecule has 1 aliphatic carbocycles. The molecule has 1 amide bonds. The molecule has 2 atom stereocenters. The molecular weight excluding hydrogens is 440 g/mol. The minimum Gasteiger partial charge on any atom is -0.386 e.